The van der Waals surface area contributed by atoms with Crippen LogP contribution in [0.5, 0.6) is 0 Å². The van der Waals surface area contributed by atoms with E-state index in [4.69, 9.17) is 0 Å². The maximum atomic E-state index is 14.1. The largest absolute Gasteiger partial charge is 0.366 e. The van der Waals surface area contributed by atoms with Crippen LogP contribution in [0.25, 0.3) is 16.9 Å². The highest BCUT2D eigenvalue weighted by Gasteiger charge is 2.24. The number of para-hydroxylation sites is 2. The van der Waals surface area contributed by atoms with Crippen LogP contribution in [0.1, 0.15) is 24.7 Å². The van der Waals surface area contributed by atoms with Gasteiger partial charge in [0.2, 0.25) is 5.91 Å². The molecule has 186 valence electrons. The number of nitrogens with zero attached hydrogens (tertiary/aromatic N) is 6. The fourth-order valence-electron chi connectivity index (χ4n) is 4.81. The standard InChI is InChI=1S/C27H29FN6O2/c1-3-33-26-25(19(2)30-34(26)20-9-5-4-6-10-20)29-22(27(33)36)13-14-24(35)32-17-15-31(16-18-32)23-12-8-7-11-21(23)28/h4-12H,3,13-18H2,1-2H3. The van der Waals surface area contributed by atoms with Crippen molar-refractivity contribution < 1.29 is 9.18 Å². The number of carbonyl (C=O) groups excluding carboxylic acids is 1. The summed E-state index contributed by atoms with van der Waals surface area (Å²) in [6, 6.07) is 16.4. The third-order valence-corrected chi connectivity index (χ3v) is 6.72. The number of anilines is 1. The number of fused-ring (bicyclic) bond motifs is 1. The third kappa shape index (κ3) is 4.36. The van der Waals surface area contributed by atoms with E-state index in [-0.39, 0.29) is 30.1 Å². The summed E-state index contributed by atoms with van der Waals surface area (Å²) in [6.07, 6.45) is 0.458. The van der Waals surface area contributed by atoms with Crippen molar-refractivity contribution in [3.05, 3.63) is 82.2 Å². The molecule has 0 saturated carbocycles. The third-order valence-electron chi connectivity index (χ3n) is 6.72. The van der Waals surface area contributed by atoms with Crippen LogP contribution in [0.3, 0.4) is 0 Å². The van der Waals surface area contributed by atoms with E-state index in [1.165, 1.54) is 6.07 Å². The summed E-state index contributed by atoms with van der Waals surface area (Å²) in [4.78, 5) is 34.7. The number of aryl methyl sites for hydroxylation is 3. The molecule has 9 heteroatoms. The Hall–Kier alpha value is -4.01. The van der Waals surface area contributed by atoms with E-state index in [2.05, 4.69) is 10.1 Å². The Morgan fingerprint density at radius 1 is 1.00 bits per heavy atom. The zero-order chi connectivity index (χ0) is 25.2. The first-order valence-electron chi connectivity index (χ1n) is 12.3. The lowest BCUT2D eigenvalue weighted by Crippen LogP contribution is -2.49. The van der Waals surface area contributed by atoms with Gasteiger partial charge in [-0.25, -0.2) is 14.1 Å². The topological polar surface area (TPSA) is 76.3 Å². The minimum Gasteiger partial charge on any atom is -0.366 e. The normalized spacial score (nSPS) is 14.0. The lowest BCUT2D eigenvalue weighted by Gasteiger charge is -2.36. The molecule has 1 amide bonds. The van der Waals surface area contributed by atoms with Crippen molar-refractivity contribution >= 4 is 22.8 Å². The van der Waals surface area contributed by atoms with Crippen molar-refractivity contribution in [3.63, 3.8) is 0 Å². The Labute approximate surface area is 208 Å². The summed E-state index contributed by atoms with van der Waals surface area (Å²) in [5.41, 5.74) is 3.66. The SMILES string of the molecule is CCn1c(=O)c(CCC(=O)N2CCN(c3ccccc3F)CC2)nc2c(C)nn(-c3ccccc3)c21. The molecule has 1 saturated heterocycles. The molecule has 1 aliphatic heterocycles. The van der Waals surface area contributed by atoms with Crippen molar-refractivity contribution in [1.29, 1.82) is 0 Å². The van der Waals surface area contributed by atoms with Crippen molar-refractivity contribution in [3.8, 4) is 5.69 Å². The van der Waals surface area contributed by atoms with Gasteiger partial charge >= 0.3 is 0 Å². The van der Waals surface area contributed by atoms with Gasteiger partial charge in [-0.15, -0.1) is 0 Å². The second kappa shape index (κ2) is 9.93. The average Bonchev–Trinajstić information content (AvgIpc) is 3.24. The van der Waals surface area contributed by atoms with Crippen LogP contribution in [-0.2, 0) is 17.8 Å². The minimum absolute atomic E-state index is 0.0239. The minimum atomic E-state index is -0.253. The quantitative estimate of drug-likeness (QED) is 0.416. The molecule has 0 atom stereocenters. The van der Waals surface area contributed by atoms with Crippen LogP contribution in [0.2, 0.25) is 0 Å². The molecule has 0 spiro atoms. The van der Waals surface area contributed by atoms with Crippen LogP contribution in [0, 0.1) is 12.7 Å². The van der Waals surface area contributed by atoms with Crippen LogP contribution in [0.4, 0.5) is 10.1 Å². The Morgan fingerprint density at radius 2 is 1.69 bits per heavy atom. The first-order valence-corrected chi connectivity index (χ1v) is 12.3. The second-order valence-corrected chi connectivity index (χ2v) is 8.93. The summed E-state index contributed by atoms with van der Waals surface area (Å²) < 4.78 is 17.5. The lowest BCUT2D eigenvalue weighted by molar-refractivity contribution is -0.131. The van der Waals surface area contributed by atoms with E-state index in [0.29, 0.717) is 55.3 Å². The summed E-state index contributed by atoms with van der Waals surface area (Å²) in [7, 11) is 0. The van der Waals surface area contributed by atoms with Gasteiger partial charge in [-0.05, 0) is 38.1 Å². The molecule has 5 rings (SSSR count). The highest BCUT2D eigenvalue weighted by molar-refractivity contribution is 5.78. The maximum absolute atomic E-state index is 14.1. The number of carbonyl (C=O) groups is 1. The Balaban J connectivity index is 1.32. The monoisotopic (exact) mass is 488 g/mol. The van der Waals surface area contributed by atoms with E-state index in [0.717, 1.165) is 11.4 Å². The summed E-state index contributed by atoms with van der Waals surface area (Å²) >= 11 is 0. The van der Waals surface area contributed by atoms with Gasteiger partial charge in [0.25, 0.3) is 5.56 Å². The van der Waals surface area contributed by atoms with Gasteiger partial charge in [-0.2, -0.15) is 5.10 Å². The van der Waals surface area contributed by atoms with Gasteiger partial charge in [0.15, 0.2) is 5.65 Å². The average molecular weight is 489 g/mol. The molecule has 36 heavy (non-hydrogen) atoms. The van der Waals surface area contributed by atoms with Crippen molar-refractivity contribution in [1.82, 2.24) is 24.2 Å². The first kappa shape index (κ1) is 23.7. The van der Waals surface area contributed by atoms with Gasteiger partial charge in [-0.1, -0.05) is 30.3 Å². The first-order chi connectivity index (χ1) is 17.5. The molecule has 0 unspecified atom stereocenters. The molecular formula is C27H29FN6O2. The molecule has 1 aliphatic rings. The fourth-order valence-corrected chi connectivity index (χ4v) is 4.81. The smallest absolute Gasteiger partial charge is 0.273 e. The van der Waals surface area contributed by atoms with Crippen LogP contribution >= 0.6 is 0 Å². The Bertz CT molecular complexity index is 1450. The number of piperazine rings is 1. The summed E-state index contributed by atoms with van der Waals surface area (Å²) in [5, 5.41) is 4.65. The van der Waals surface area contributed by atoms with Crippen LogP contribution < -0.4 is 10.5 Å². The predicted molar refractivity (Wildman–Crippen MR) is 137 cm³/mol. The van der Waals surface area contributed by atoms with Crippen LogP contribution in [0.15, 0.2) is 59.4 Å². The molecule has 0 aliphatic carbocycles. The molecule has 1 fully saturated rings. The summed E-state index contributed by atoms with van der Waals surface area (Å²) in [6.45, 7) is 6.43. The van der Waals surface area contributed by atoms with Crippen LogP contribution in [-0.4, -0.2) is 56.3 Å². The van der Waals surface area contributed by atoms with E-state index < -0.39 is 0 Å². The molecule has 2 aromatic heterocycles. The van der Waals surface area contributed by atoms with E-state index >= 15 is 0 Å². The molecule has 0 radical (unpaired) electrons. The molecule has 3 heterocycles. The zero-order valence-electron chi connectivity index (χ0n) is 20.5. The number of aromatic nitrogens is 4. The number of benzene rings is 2. The van der Waals surface area contributed by atoms with E-state index in [1.54, 1.807) is 26.3 Å². The molecule has 0 bridgehead atoms. The maximum Gasteiger partial charge on any atom is 0.273 e. The zero-order valence-corrected chi connectivity index (χ0v) is 20.5. The Kier molecular flexibility index (Phi) is 6.54. The highest BCUT2D eigenvalue weighted by Crippen LogP contribution is 2.22. The Morgan fingerprint density at radius 3 is 2.39 bits per heavy atom. The summed E-state index contributed by atoms with van der Waals surface area (Å²) in [5.74, 6) is -0.277. The fraction of sp³-hybridized carbons (Fsp3) is 0.333. The second-order valence-electron chi connectivity index (χ2n) is 8.93. The highest BCUT2D eigenvalue weighted by atomic mass is 19.1. The molecule has 8 nitrogen and oxygen atoms in total. The van der Waals surface area contributed by atoms with Gasteiger partial charge < -0.3 is 9.80 Å². The molecular weight excluding hydrogens is 459 g/mol. The molecule has 0 N–H and O–H groups in total. The number of amides is 1. The van der Waals surface area contributed by atoms with Crippen molar-refractivity contribution in [2.45, 2.75) is 33.2 Å². The van der Waals surface area contributed by atoms with E-state index in [1.807, 2.05) is 55.1 Å². The molecule has 2 aromatic carbocycles. The van der Waals surface area contributed by atoms with Gasteiger partial charge in [0.05, 0.1) is 17.1 Å². The lowest BCUT2D eigenvalue weighted by atomic mass is 10.2. The number of hydrogen-bond acceptors (Lipinski definition) is 5. The number of rotatable bonds is 6. The van der Waals surface area contributed by atoms with Gasteiger partial charge in [-0.3, -0.25) is 14.2 Å². The molecule has 4 aromatic rings. The van der Waals surface area contributed by atoms with Crippen molar-refractivity contribution in [2.24, 2.45) is 0 Å². The van der Waals surface area contributed by atoms with Gasteiger partial charge in [0.1, 0.15) is 17.0 Å². The van der Waals surface area contributed by atoms with E-state index in [9.17, 15) is 14.0 Å². The van der Waals surface area contributed by atoms with Gasteiger partial charge in [0, 0.05) is 45.6 Å². The van der Waals surface area contributed by atoms with Crippen molar-refractivity contribution in [2.75, 3.05) is 31.1 Å². The number of hydrogen-bond donors (Lipinski definition) is 0. The predicted octanol–water partition coefficient (Wildman–Crippen LogP) is 3.33. The number of halogens is 1.